The number of allylic oxidation sites excluding steroid dienone is 22. The summed E-state index contributed by atoms with van der Waals surface area (Å²) in [6.07, 6.45) is 30.2. The smallest absolute Gasteiger partial charge is 0.176 e. The van der Waals surface area contributed by atoms with E-state index in [2.05, 4.69) is 116 Å². The van der Waals surface area contributed by atoms with Crippen molar-refractivity contribution in [2.75, 3.05) is 0 Å². The maximum absolute atomic E-state index is 12.4. The summed E-state index contributed by atoms with van der Waals surface area (Å²) in [6.45, 7) is 20.6. The number of ketones is 2. The second kappa shape index (κ2) is 16.4. The first-order valence-corrected chi connectivity index (χ1v) is 16.2. The zero-order chi connectivity index (χ0) is 33.2. The van der Waals surface area contributed by atoms with E-state index in [1.807, 2.05) is 38.2 Å². The molecule has 0 aliphatic heterocycles. The molecule has 0 saturated heterocycles. The first-order chi connectivity index (χ1) is 20.5. The number of rotatable bonds is 10. The maximum atomic E-state index is 12.4. The molecule has 0 aromatic carbocycles. The zero-order valence-corrected chi connectivity index (χ0v) is 29.7. The lowest BCUT2D eigenvalue weighted by Gasteiger charge is -2.34. The van der Waals surface area contributed by atoms with E-state index in [9.17, 15) is 9.59 Å². The van der Waals surface area contributed by atoms with Crippen LogP contribution in [0.4, 0.5) is 0 Å². The predicted octanol–water partition coefficient (Wildman–Crippen LogP) is 11.4. The molecular weight excluding hydrogens is 583 g/mol. The highest BCUT2D eigenvalue weighted by Crippen LogP contribution is 2.42. The Morgan fingerprint density at radius 3 is 1.20 bits per heavy atom. The van der Waals surface area contributed by atoms with Crippen molar-refractivity contribution >= 4 is 34.8 Å². The third kappa shape index (κ3) is 10.9. The van der Waals surface area contributed by atoms with Crippen LogP contribution in [-0.4, -0.2) is 22.3 Å². The summed E-state index contributed by atoms with van der Waals surface area (Å²) in [7, 11) is 0. The lowest BCUT2D eigenvalue weighted by Crippen LogP contribution is -2.32. The fraction of sp³-hybridized carbons (Fsp3) is 0.400. The normalized spacial score (nSPS) is 24.5. The number of hydrogen-bond donors (Lipinski definition) is 0. The van der Waals surface area contributed by atoms with E-state index in [1.54, 1.807) is 0 Å². The molecule has 4 heteroatoms. The van der Waals surface area contributed by atoms with Crippen molar-refractivity contribution in [3.8, 4) is 0 Å². The summed E-state index contributed by atoms with van der Waals surface area (Å²) in [5.41, 5.74) is 7.91. The van der Waals surface area contributed by atoms with Crippen LogP contribution >= 0.6 is 23.2 Å². The van der Waals surface area contributed by atoms with Crippen LogP contribution in [0.3, 0.4) is 0 Å². The minimum absolute atomic E-state index is 0.0378. The van der Waals surface area contributed by atoms with Crippen LogP contribution in [0.5, 0.6) is 0 Å². The number of carbonyl (C=O) groups is 2. The van der Waals surface area contributed by atoms with Crippen molar-refractivity contribution in [3.63, 3.8) is 0 Å². The van der Waals surface area contributed by atoms with Gasteiger partial charge in [0.05, 0.1) is 10.8 Å². The summed E-state index contributed by atoms with van der Waals surface area (Å²) in [6, 6.07) is 0. The largest absolute Gasteiger partial charge is 0.293 e. The van der Waals surface area contributed by atoms with Gasteiger partial charge in [0, 0.05) is 0 Å². The minimum atomic E-state index is -0.432. The lowest BCUT2D eigenvalue weighted by molar-refractivity contribution is -0.117. The zero-order valence-electron chi connectivity index (χ0n) is 28.2. The minimum Gasteiger partial charge on any atom is -0.293 e. The van der Waals surface area contributed by atoms with Crippen LogP contribution in [0.15, 0.2) is 130 Å². The molecular formula is C40H50Cl2O2. The monoisotopic (exact) mass is 632 g/mol. The van der Waals surface area contributed by atoms with E-state index < -0.39 is 10.8 Å². The van der Waals surface area contributed by atoms with Gasteiger partial charge in [0.2, 0.25) is 0 Å². The van der Waals surface area contributed by atoms with E-state index in [-0.39, 0.29) is 22.4 Å². The molecule has 2 aliphatic rings. The van der Waals surface area contributed by atoms with E-state index in [4.69, 9.17) is 23.2 Å². The number of halogens is 2. The molecule has 2 aliphatic carbocycles. The summed E-state index contributed by atoms with van der Waals surface area (Å²) < 4.78 is 0. The Morgan fingerprint density at radius 1 is 0.568 bits per heavy atom. The number of Topliss-reactive ketones (excluding diaryl/α,β-unsaturated/α-hetero) is 2. The molecule has 2 unspecified atom stereocenters. The lowest BCUT2D eigenvalue weighted by atomic mass is 9.72. The van der Waals surface area contributed by atoms with Gasteiger partial charge in [0.1, 0.15) is 0 Å². The topological polar surface area (TPSA) is 34.1 Å². The summed E-state index contributed by atoms with van der Waals surface area (Å²) in [4.78, 5) is 24.7. The molecule has 0 N–H and O–H groups in total. The average Bonchev–Trinajstić information content (AvgIpc) is 2.92. The van der Waals surface area contributed by atoms with Crippen molar-refractivity contribution in [2.24, 2.45) is 10.8 Å². The van der Waals surface area contributed by atoms with Crippen LogP contribution < -0.4 is 0 Å². The number of carbonyl (C=O) groups excluding carboxylic acids is 2. The summed E-state index contributed by atoms with van der Waals surface area (Å²) in [5.74, 6) is 0.0757. The quantitative estimate of drug-likeness (QED) is 0.177. The first-order valence-electron chi connectivity index (χ1n) is 15.3. The molecule has 0 aromatic rings. The van der Waals surface area contributed by atoms with Gasteiger partial charge in [-0.1, -0.05) is 135 Å². The van der Waals surface area contributed by atoms with Crippen molar-refractivity contribution in [3.05, 3.63) is 130 Å². The maximum Gasteiger partial charge on any atom is 0.176 e. The molecule has 0 fully saturated rings. The average molecular weight is 634 g/mol. The third-order valence-electron chi connectivity index (χ3n) is 8.25. The van der Waals surface area contributed by atoms with Gasteiger partial charge >= 0.3 is 0 Å². The van der Waals surface area contributed by atoms with Crippen molar-refractivity contribution < 1.29 is 9.59 Å². The summed E-state index contributed by atoms with van der Waals surface area (Å²) >= 11 is 12.5. The van der Waals surface area contributed by atoms with Gasteiger partial charge in [-0.2, -0.15) is 0 Å². The van der Waals surface area contributed by atoms with Crippen LogP contribution in [-0.2, 0) is 9.59 Å². The van der Waals surface area contributed by atoms with Crippen LogP contribution in [0.1, 0.15) is 82.1 Å². The first kappa shape index (κ1) is 37.2. The fourth-order valence-electron chi connectivity index (χ4n) is 5.52. The van der Waals surface area contributed by atoms with E-state index >= 15 is 0 Å². The van der Waals surface area contributed by atoms with Gasteiger partial charge in [0.15, 0.2) is 11.6 Å². The van der Waals surface area contributed by atoms with Crippen molar-refractivity contribution in [1.29, 1.82) is 0 Å². The Labute approximate surface area is 276 Å². The van der Waals surface area contributed by atoms with Crippen molar-refractivity contribution in [1.82, 2.24) is 0 Å². The van der Waals surface area contributed by atoms with Crippen LogP contribution in [0.25, 0.3) is 0 Å². The highest BCUT2D eigenvalue weighted by atomic mass is 35.5. The van der Waals surface area contributed by atoms with Gasteiger partial charge in [-0.05, 0) is 87.5 Å². The Hall–Kier alpha value is -2.94. The van der Waals surface area contributed by atoms with Crippen LogP contribution in [0.2, 0.25) is 0 Å². The highest BCUT2D eigenvalue weighted by Gasteiger charge is 2.37. The van der Waals surface area contributed by atoms with Gasteiger partial charge in [-0.15, -0.1) is 23.2 Å². The Balaban J connectivity index is 1.95. The number of hydrogen-bond acceptors (Lipinski definition) is 2. The molecule has 2 rings (SSSR count). The van der Waals surface area contributed by atoms with Gasteiger partial charge in [-0.25, -0.2) is 0 Å². The molecule has 2 nitrogen and oxygen atoms in total. The molecule has 0 heterocycles. The highest BCUT2D eigenvalue weighted by molar-refractivity contribution is 6.34. The molecule has 0 saturated carbocycles. The van der Waals surface area contributed by atoms with E-state index in [1.165, 1.54) is 0 Å². The Kier molecular flexibility index (Phi) is 13.9. The predicted molar refractivity (Wildman–Crippen MR) is 192 cm³/mol. The van der Waals surface area contributed by atoms with Crippen LogP contribution in [0, 0.1) is 10.8 Å². The number of alkyl halides is 2. The second-order valence-electron chi connectivity index (χ2n) is 13.3. The van der Waals surface area contributed by atoms with Gasteiger partial charge < -0.3 is 0 Å². The van der Waals surface area contributed by atoms with Gasteiger partial charge in [-0.3, -0.25) is 9.59 Å². The van der Waals surface area contributed by atoms with E-state index in [0.29, 0.717) is 12.8 Å². The fourth-order valence-corrected chi connectivity index (χ4v) is 6.62. The molecule has 0 bridgehead atoms. The SMILES string of the molecule is CC1=C(/C=C/C(C)=C/C=C/C(C)=C/C=C/C=C(C)/C=C/C=C(C)/C=C/C2=C(C)C(=O)C(Cl)CC2(C)C)C(C)(C)CC(Cl)C1=O. The molecule has 0 spiro atoms. The van der Waals surface area contributed by atoms with Gasteiger partial charge in [0.25, 0.3) is 0 Å². The second-order valence-corrected chi connectivity index (χ2v) is 14.4. The molecule has 0 aromatic heterocycles. The molecule has 0 radical (unpaired) electrons. The van der Waals surface area contributed by atoms with E-state index in [0.717, 1.165) is 44.6 Å². The third-order valence-corrected chi connectivity index (χ3v) is 8.95. The molecule has 236 valence electrons. The Morgan fingerprint density at radius 2 is 0.864 bits per heavy atom. The summed E-state index contributed by atoms with van der Waals surface area (Å²) in [5, 5.41) is -0.863. The molecule has 0 amide bonds. The van der Waals surface area contributed by atoms with Crippen molar-refractivity contribution in [2.45, 2.75) is 92.8 Å². The Bertz CT molecular complexity index is 1350. The molecule has 2 atom stereocenters. The standard InChI is InChI=1S/C40H50Cl2O2/c1-27(17-13-19-29(3)21-23-33-31(5)37(43)35(41)25-39(33,7)8)15-11-12-16-28(2)18-14-20-30(4)22-24-34-32(6)38(44)36(42)26-40(34,9)10/h11-24,35-36H,25-26H2,1-10H3/b12-11+,17-13+,18-14+,23-21+,24-22+,27-15+,28-16+,29-19+,30-20+. The molecule has 44 heavy (non-hydrogen) atoms.